The van der Waals surface area contributed by atoms with E-state index in [0.29, 0.717) is 13.0 Å². The zero-order valence-corrected chi connectivity index (χ0v) is 8.45. The first-order chi connectivity index (χ1) is 6.66. The average molecular weight is 199 g/mol. The molecule has 1 aliphatic rings. The monoisotopic (exact) mass is 199 g/mol. The minimum absolute atomic E-state index is 0.0454. The van der Waals surface area contributed by atoms with Crippen molar-refractivity contribution in [2.24, 2.45) is 5.73 Å². The molecule has 0 aromatic rings. The third-order valence-corrected chi connectivity index (χ3v) is 2.48. The van der Waals surface area contributed by atoms with Gasteiger partial charge in [-0.1, -0.05) is 0 Å². The molecule has 1 atom stereocenters. The number of hydrogen-bond donors (Lipinski definition) is 2. The molecule has 14 heavy (non-hydrogen) atoms. The van der Waals surface area contributed by atoms with E-state index in [-0.39, 0.29) is 12.5 Å². The fourth-order valence-corrected chi connectivity index (χ4v) is 1.78. The molecule has 1 saturated heterocycles. The van der Waals surface area contributed by atoms with Crippen molar-refractivity contribution in [1.29, 1.82) is 0 Å². The predicted molar refractivity (Wildman–Crippen MR) is 52.5 cm³/mol. The molecule has 0 saturated carbocycles. The highest BCUT2D eigenvalue weighted by Gasteiger charge is 2.29. The molecular weight excluding hydrogens is 182 g/mol. The summed E-state index contributed by atoms with van der Waals surface area (Å²) in [5, 5.41) is 2.78. The lowest BCUT2D eigenvalue weighted by Crippen LogP contribution is -2.52. The van der Waals surface area contributed by atoms with Crippen molar-refractivity contribution in [3.05, 3.63) is 0 Å². The molecule has 1 fully saturated rings. The summed E-state index contributed by atoms with van der Waals surface area (Å²) in [7, 11) is 1.71. The van der Waals surface area contributed by atoms with Crippen LogP contribution in [0.3, 0.4) is 0 Å². The van der Waals surface area contributed by atoms with Gasteiger partial charge in [-0.05, 0) is 26.3 Å². The van der Waals surface area contributed by atoms with Gasteiger partial charge in [0.05, 0.1) is 6.54 Å². The van der Waals surface area contributed by atoms with Crippen LogP contribution in [0.2, 0.25) is 0 Å². The van der Waals surface area contributed by atoms with E-state index in [9.17, 15) is 9.59 Å². The Bertz CT molecular complexity index is 230. The number of nitrogens with one attached hydrogen (secondary N) is 1. The van der Waals surface area contributed by atoms with Crippen molar-refractivity contribution in [2.75, 3.05) is 20.1 Å². The molecule has 3 N–H and O–H groups in total. The molecule has 5 nitrogen and oxygen atoms in total. The van der Waals surface area contributed by atoms with Crippen LogP contribution in [-0.4, -0.2) is 42.9 Å². The van der Waals surface area contributed by atoms with Crippen molar-refractivity contribution in [3.63, 3.8) is 0 Å². The third kappa shape index (κ3) is 2.45. The van der Waals surface area contributed by atoms with Crippen molar-refractivity contribution >= 4 is 11.8 Å². The fraction of sp³-hybridized carbons (Fsp3) is 0.778. The molecule has 2 amide bonds. The number of hydrogen-bond acceptors (Lipinski definition) is 3. The van der Waals surface area contributed by atoms with Gasteiger partial charge in [0.1, 0.15) is 6.04 Å². The highest BCUT2D eigenvalue weighted by Crippen LogP contribution is 2.16. The summed E-state index contributed by atoms with van der Waals surface area (Å²) in [6, 6.07) is -0.399. The van der Waals surface area contributed by atoms with E-state index in [4.69, 9.17) is 5.73 Å². The van der Waals surface area contributed by atoms with Crippen molar-refractivity contribution in [2.45, 2.75) is 25.3 Å². The minimum atomic E-state index is -0.399. The molecule has 1 aliphatic heterocycles. The second kappa shape index (κ2) is 4.95. The highest BCUT2D eigenvalue weighted by molar-refractivity contribution is 5.87. The zero-order valence-electron chi connectivity index (χ0n) is 8.45. The van der Waals surface area contributed by atoms with E-state index in [0.717, 1.165) is 12.8 Å². The summed E-state index contributed by atoms with van der Waals surface area (Å²) in [6.07, 6.45) is 2.63. The molecule has 0 aromatic heterocycles. The van der Waals surface area contributed by atoms with E-state index in [2.05, 4.69) is 5.32 Å². The van der Waals surface area contributed by atoms with E-state index >= 15 is 0 Å². The van der Waals surface area contributed by atoms with Gasteiger partial charge >= 0.3 is 0 Å². The molecule has 1 unspecified atom stereocenters. The normalized spacial score (nSPS) is 22.1. The number of piperidine rings is 1. The molecule has 0 radical (unpaired) electrons. The Morgan fingerprint density at radius 1 is 1.50 bits per heavy atom. The van der Waals surface area contributed by atoms with Gasteiger partial charge in [0.2, 0.25) is 11.8 Å². The lowest BCUT2D eigenvalue weighted by atomic mass is 10.0. The van der Waals surface area contributed by atoms with Crippen LogP contribution < -0.4 is 11.1 Å². The Morgan fingerprint density at radius 2 is 2.21 bits per heavy atom. The molecule has 1 rings (SSSR count). The maximum atomic E-state index is 11.6. The summed E-state index contributed by atoms with van der Waals surface area (Å²) in [5.41, 5.74) is 5.24. The first kappa shape index (κ1) is 11.0. The Labute approximate surface area is 83.6 Å². The number of rotatable bonds is 3. The fourth-order valence-electron chi connectivity index (χ4n) is 1.78. The van der Waals surface area contributed by atoms with Crippen LogP contribution in [0.5, 0.6) is 0 Å². The molecule has 80 valence electrons. The Hall–Kier alpha value is -1.10. The number of nitrogens with zero attached hydrogens (tertiary/aromatic N) is 1. The first-order valence-corrected chi connectivity index (χ1v) is 4.90. The number of likely N-dealkylation sites (N-methyl/N-ethyl adjacent to an activating group) is 1. The third-order valence-electron chi connectivity index (χ3n) is 2.48. The van der Waals surface area contributed by atoms with Crippen LogP contribution in [0.1, 0.15) is 19.3 Å². The van der Waals surface area contributed by atoms with Gasteiger partial charge in [0.25, 0.3) is 0 Å². The minimum Gasteiger partial charge on any atom is -0.368 e. The number of primary amides is 1. The van der Waals surface area contributed by atoms with Gasteiger partial charge in [0.15, 0.2) is 0 Å². The van der Waals surface area contributed by atoms with E-state index < -0.39 is 11.9 Å². The second-order valence-corrected chi connectivity index (χ2v) is 3.53. The maximum absolute atomic E-state index is 11.6. The summed E-state index contributed by atoms with van der Waals surface area (Å²) in [5.74, 6) is -0.440. The van der Waals surface area contributed by atoms with Gasteiger partial charge < -0.3 is 16.0 Å². The number of amides is 2. The lowest BCUT2D eigenvalue weighted by Gasteiger charge is -2.33. The van der Waals surface area contributed by atoms with Crippen molar-refractivity contribution in [3.8, 4) is 0 Å². The van der Waals surface area contributed by atoms with E-state index in [1.807, 2.05) is 0 Å². The van der Waals surface area contributed by atoms with Crippen LogP contribution in [0, 0.1) is 0 Å². The number of likely N-dealkylation sites (tertiary alicyclic amines) is 1. The molecule has 1 heterocycles. The van der Waals surface area contributed by atoms with Crippen LogP contribution in [0.15, 0.2) is 0 Å². The predicted octanol–water partition coefficient (Wildman–Crippen LogP) is -0.928. The molecule has 0 bridgehead atoms. The van der Waals surface area contributed by atoms with Crippen LogP contribution >= 0.6 is 0 Å². The van der Waals surface area contributed by atoms with E-state index in [1.54, 1.807) is 11.9 Å². The molecular formula is C9H17N3O2. The quantitative estimate of drug-likeness (QED) is 0.616. The first-order valence-electron chi connectivity index (χ1n) is 4.90. The standard InChI is InChI=1S/C9H17N3O2/c1-11-6-8(13)12-5-3-2-4-7(12)9(10)14/h7,11H,2-6H2,1H3,(H2,10,14). The lowest BCUT2D eigenvalue weighted by molar-refractivity contribution is -0.140. The Balaban J connectivity index is 2.62. The smallest absolute Gasteiger partial charge is 0.240 e. The Morgan fingerprint density at radius 3 is 2.79 bits per heavy atom. The summed E-state index contributed by atoms with van der Waals surface area (Å²) >= 11 is 0. The van der Waals surface area contributed by atoms with Gasteiger partial charge in [-0.25, -0.2) is 0 Å². The number of carbonyl (C=O) groups is 2. The van der Waals surface area contributed by atoms with Crippen molar-refractivity contribution in [1.82, 2.24) is 10.2 Å². The van der Waals surface area contributed by atoms with Crippen LogP contribution in [-0.2, 0) is 9.59 Å². The van der Waals surface area contributed by atoms with Gasteiger partial charge in [-0.2, -0.15) is 0 Å². The summed E-state index contributed by atoms with van der Waals surface area (Å²) in [6.45, 7) is 0.915. The molecule has 0 aromatic carbocycles. The summed E-state index contributed by atoms with van der Waals surface area (Å²) < 4.78 is 0. The van der Waals surface area contributed by atoms with E-state index in [1.165, 1.54) is 0 Å². The number of nitrogens with two attached hydrogens (primary N) is 1. The largest absolute Gasteiger partial charge is 0.368 e. The van der Waals surface area contributed by atoms with Crippen molar-refractivity contribution < 1.29 is 9.59 Å². The Kier molecular flexibility index (Phi) is 3.88. The summed E-state index contributed by atoms with van der Waals surface area (Å²) in [4.78, 5) is 24.2. The molecule has 0 aliphatic carbocycles. The molecule has 0 spiro atoms. The van der Waals surface area contributed by atoms with Gasteiger partial charge in [-0.15, -0.1) is 0 Å². The zero-order chi connectivity index (χ0) is 10.6. The van der Waals surface area contributed by atoms with Gasteiger partial charge in [0, 0.05) is 6.54 Å². The SMILES string of the molecule is CNCC(=O)N1CCCCC1C(N)=O. The molecule has 5 heteroatoms. The second-order valence-electron chi connectivity index (χ2n) is 3.53. The topological polar surface area (TPSA) is 75.4 Å². The maximum Gasteiger partial charge on any atom is 0.240 e. The van der Waals surface area contributed by atoms with Crippen LogP contribution in [0.25, 0.3) is 0 Å². The highest BCUT2D eigenvalue weighted by atomic mass is 16.2. The van der Waals surface area contributed by atoms with Crippen LogP contribution in [0.4, 0.5) is 0 Å². The number of carbonyl (C=O) groups excluding carboxylic acids is 2. The average Bonchev–Trinajstić information content (AvgIpc) is 2.18. The van der Waals surface area contributed by atoms with Gasteiger partial charge in [-0.3, -0.25) is 9.59 Å².